The van der Waals surface area contributed by atoms with Crippen molar-refractivity contribution in [2.24, 2.45) is 0 Å². The van der Waals surface area contributed by atoms with Crippen LogP contribution >= 0.6 is 11.3 Å². The van der Waals surface area contributed by atoms with Crippen LogP contribution in [0.15, 0.2) is 24.4 Å². The molecular formula is C17H21N3OS. The lowest BCUT2D eigenvalue weighted by Gasteiger charge is -2.15. The summed E-state index contributed by atoms with van der Waals surface area (Å²) >= 11 is 1.43. The van der Waals surface area contributed by atoms with E-state index in [1.807, 2.05) is 25.1 Å². The molecule has 2 aromatic heterocycles. The molecule has 1 fully saturated rings. The average Bonchev–Trinajstić information content (AvgIpc) is 2.75. The van der Waals surface area contributed by atoms with Gasteiger partial charge in [0.2, 0.25) is 0 Å². The normalized spacial score (nSPS) is 16.2. The van der Waals surface area contributed by atoms with Crippen molar-refractivity contribution in [3.8, 4) is 10.7 Å². The Kier molecular flexibility index (Phi) is 4.83. The summed E-state index contributed by atoms with van der Waals surface area (Å²) in [7, 11) is 0. The fourth-order valence-electron chi connectivity index (χ4n) is 2.88. The number of pyridine rings is 1. The van der Waals surface area contributed by atoms with Gasteiger partial charge in [0.05, 0.1) is 11.4 Å². The van der Waals surface area contributed by atoms with Crippen molar-refractivity contribution >= 4 is 17.2 Å². The zero-order chi connectivity index (χ0) is 15.4. The Bertz CT molecular complexity index is 631. The summed E-state index contributed by atoms with van der Waals surface area (Å²) in [5, 5.41) is 4.00. The van der Waals surface area contributed by atoms with Crippen molar-refractivity contribution in [3.05, 3.63) is 35.0 Å². The Labute approximate surface area is 135 Å². The summed E-state index contributed by atoms with van der Waals surface area (Å²) < 4.78 is 0. The van der Waals surface area contributed by atoms with Crippen molar-refractivity contribution in [1.29, 1.82) is 0 Å². The molecular weight excluding hydrogens is 294 g/mol. The molecule has 0 saturated heterocycles. The maximum absolute atomic E-state index is 12.5. The summed E-state index contributed by atoms with van der Waals surface area (Å²) in [5.74, 6) is 0.0177. The van der Waals surface area contributed by atoms with Gasteiger partial charge in [0, 0.05) is 12.2 Å². The molecule has 1 amide bonds. The van der Waals surface area contributed by atoms with Gasteiger partial charge in [-0.05, 0) is 31.9 Å². The fraction of sp³-hybridized carbons (Fsp3) is 0.471. The van der Waals surface area contributed by atoms with E-state index < -0.39 is 0 Å². The Morgan fingerprint density at radius 3 is 2.68 bits per heavy atom. The first-order valence-electron chi connectivity index (χ1n) is 7.94. The zero-order valence-electron chi connectivity index (χ0n) is 12.8. The van der Waals surface area contributed by atoms with Gasteiger partial charge in [0.1, 0.15) is 9.88 Å². The summed E-state index contributed by atoms with van der Waals surface area (Å²) in [4.78, 5) is 22.1. The molecule has 0 bridgehead atoms. The van der Waals surface area contributed by atoms with Crippen molar-refractivity contribution in [3.63, 3.8) is 0 Å². The van der Waals surface area contributed by atoms with E-state index in [2.05, 4.69) is 15.3 Å². The topological polar surface area (TPSA) is 54.9 Å². The van der Waals surface area contributed by atoms with Crippen LogP contribution in [0.4, 0.5) is 0 Å². The molecule has 0 unspecified atom stereocenters. The molecule has 1 saturated carbocycles. The molecule has 4 nitrogen and oxygen atoms in total. The van der Waals surface area contributed by atoms with Gasteiger partial charge in [-0.3, -0.25) is 9.78 Å². The SMILES string of the molecule is Cc1nc(-c2ccccn2)sc1C(=O)NC1CCCCCC1. The molecule has 2 aromatic rings. The second-order valence-corrected chi connectivity index (χ2v) is 6.81. The average molecular weight is 315 g/mol. The molecule has 1 aliphatic carbocycles. The van der Waals surface area contributed by atoms with Crippen LogP contribution in [-0.4, -0.2) is 21.9 Å². The van der Waals surface area contributed by atoms with Gasteiger partial charge < -0.3 is 5.32 Å². The maximum Gasteiger partial charge on any atom is 0.263 e. The Morgan fingerprint density at radius 1 is 1.23 bits per heavy atom. The predicted octanol–water partition coefficient (Wildman–Crippen LogP) is 3.97. The number of hydrogen-bond acceptors (Lipinski definition) is 4. The van der Waals surface area contributed by atoms with Gasteiger partial charge in [-0.15, -0.1) is 11.3 Å². The molecule has 3 rings (SSSR count). The van der Waals surface area contributed by atoms with Gasteiger partial charge in [0.15, 0.2) is 0 Å². The molecule has 0 spiro atoms. The standard InChI is InChI=1S/C17H21N3OS/c1-12-15(16(21)20-13-8-4-2-3-5-9-13)22-17(19-12)14-10-6-7-11-18-14/h6-7,10-11,13H,2-5,8-9H2,1H3,(H,20,21). The van der Waals surface area contributed by atoms with E-state index in [0.29, 0.717) is 10.9 Å². The first-order valence-corrected chi connectivity index (χ1v) is 8.75. The summed E-state index contributed by atoms with van der Waals surface area (Å²) in [6, 6.07) is 6.05. The van der Waals surface area contributed by atoms with Crippen LogP contribution in [0.2, 0.25) is 0 Å². The minimum Gasteiger partial charge on any atom is -0.349 e. The van der Waals surface area contributed by atoms with Crippen LogP contribution in [0.25, 0.3) is 10.7 Å². The molecule has 0 atom stereocenters. The van der Waals surface area contributed by atoms with E-state index in [1.54, 1.807) is 6.20 Å². The number of rotatable bonds is 3. The van der Waals surface area contributed by atoms with Gasteiger partial charge in [-0.2, -0.15) is 0 Å². The largest absolute Gasteiger partial charge is 0.349 e. The highest BCUT2D eigenvalue weighted by molar-refractivity contribution is 7.17. The maximum atomic E-state index is 12.5. The molecule has 0 radical (unpaired) electrons. The number of amides is 1. The van der Waals surface area contributed by atoms with Crippen LogP contribution in [0, 0.1) is 6.92 Å². The minimum atomic E-state index is 0.0177. The van der Waals surface area contributed by atoms with Gasteiger partial charge in [-0.25, -0.2) is 4.98 Å². The van der Waals surface area contributed by atoms with Crippen molar-refractivity contribution < 1.29 is 4.79 Å². The Morgan fingerprint density at radius 2 is 2.00 bits per heavy atom. The predicted molar refractivity (Wildman–Crippen MR) is 89.0 cm³/mol. The van der Waals surface area contributed by atoms with Crippen molar-refractivity contribution in [1.82, 2.24) is 15.3 Å². The number of carbonyl (C=O) groups is 1. The van der Waals surface area contributed by atoms with Gasteiger partial charge in [0.25, 0.3) is 5.91 Å². The number of aromatic nitrogens is 2. The second kappa shape index (κ2) is 7.01. The van der Waals surface area contributed by atoms with Crippen LogP contribution in [0.5, 0.6) is 0 Å². The highest BCUT2D eigenvalue weighted by atomic mass is 32.1. The smallest absolute Gasteiger partial charge is 0.263 e. The third kappa shape index (κ3) is 3.53. The van der Waals surface area contributed by atoms with Gasteiger partial charge >= 0.3 is 0 Å². The van der Waals surface area contributed by atoms with E-state index >= 15 is 0 Å². The van der Waals surface area contributed by atoms with Crippen LogP contribution in [-0.2, 0) is 0 Å². The lowest BCUT2D eigenvalue weighted by molar-refractivity contribution is 0.0936. The second-order valence-electron chi connectivity index (χ2n) is 5.81. The van der Waals surface area contributed by atoms with E-state index in [9.17, 15) is 4.79 Å². The lowest BCUT2D eigenvalue weighted by Crippen LogP contribution is -2.34. The van der Waals surface area contributed by atoms with Crippen LogP contribution in [0.1, 0.15) is 53.9 Å². The van der Waals surface area contributed by atoms with E-state index in [0.717, 1.165) is 29.2 Å². The molecule has 22 heavy (non-hydrogen) atoms. The number of carbonyl (C=O) groups excluding carboxylic acids is 1. The molecule has 116 valence electrons. The van der Waals surface area contributed by atoms with Crippen molar-refractivity contribution in [2.45, 2.75) is 51.5 Å². The highest BCUT2D eigenvalue weighted by Crippen LogP contribution is 2.27. The fourth-order valence-corrected chi connectivity index (χ4v) is 3.83. The van der Waals surface area contributed by atoms with E-state index in [1.165, 1.54) is 37.0 Å². The third-order valence-electron chi connectivity index (χ3n) is 4.08. The van der Waals surface area contributed by atoms with Crippen molar-refractivity contribution in [2.75, 3.05) is 0 Å². The third-order valence-corrected chi connectivity index (χ3v) is 5.26. The molecule has 0 aromatic carbocycles. The van der Waals surface area contributed by atoms with E-state index in [4.69, 9.17) is 0 Å². The highest BCUT2D eigenvalue weighted by Gasteiger charge is 2.20. The summed E-state index contributed by atoms with van der Waals surface area (Å²) in [6.45, 7) is 1.89. The molecule has 1 N–H and O–H groups in total. The van der Waals surface area contributed by atoms with E-state index in [-0.39, 0.29) is 5.91 Å². The number of nitrogens with zero attached hydrogens (tertiary/aromatic N) is 2. The van der Waals surface area contributed by atoms with Crippen LogP contribution < -0.4 is 5.32 Å². The molecule has 5 heteroatoms. The molecule has 1 aliphatic rings. The van der Waals surface area contributed by atoms with Crippen LogP contribution in [0.3, 0.4) is 0 Å². The first kappa shape index (κ1) is 15.2. The number of hydrogen-bond donors (Lipinski definition) is 1. The monoisotopic (exact) mass is 315 g/mol. The summed E-state index contributed by atoms with van der Waals surface area (Å²) in [5.41, 5.74) is 1.61. The number of aryl methyl sites for hydroxylation is 1. The molecule has 2 heterocycles. The minimum absolute atomic E-state index is 0.0177. The summed E-state index contributed by atoms with van der Waals surface area (Å²) in [6.07, 6.45) is 8.94. The zero-order valence-corrected chi connectivity index (χ0v) is 13.7. The quantitative estimate of drug-likeness (QED) is 0.872. The number of nitrogens with one attached hydrogen (secondary N) is 1. The lowest BCUT2D eigenvalue weighted by atomic mass is 10.1. The Hall–Kier alpha value is -1.75. The number of thiazole rings is 1. The Balaban J connectivity index is 1.74. The first-order chi connectivity index (χ1) is 10.7. The van der Waals surface area contributed by atoms with Gasteiger partial charge in [-0.1, -0.05) is 31.7 Å². The molecule has 0 aliphatic heterocycles.